The lowest BCUT2D eigenvalue weighted by atomic mass is 9.85. The van der Waals surface area contributed by atoms with Crippen LogP contribution in [-0.4, -0.2) is 14.0 Å². The van der Waals surface area contributed by atoms with E-state index in [2.05, 4.69) is 13.5 Å². The van der Waals surface area contributed by atoms with E-state index in [1.54, 1.807) is 0 Å². The van der Waals surface area contributed by atoms with Gasteiger partial charge in [0.05, 0.1) is 5.25 Å². The minimum atomic E-state index is -1.66. The first-order valence-electron chi connectivity index (χ1n) is 4.31. The van der Waals surface area contributed by atoms with E-state index in [9.17, 15) is 4.21 Å². The summed E-state index contributed by atoms with van der Waals surface area (Å²) in [5.41, 5.74) is 0.0152. The van der Waals surface area contributed by atoms with Gasteiger partial charge in [0.1, 0.15) is 0 Å². The number of allylic oxidation sites excluding steroid dienone is 1. The molecule has 0 radical (unpaired) electrons. The monoisotopic (exact) mass is 188 g/mol. The Balaban J connectivity index is 2.73. The van der Waals surface area contributed by atoms with Gasteiger partial charge >= 0.3 is 0 Å². The molecule has 12 heavy (non-hydrogen) atoms. The number of hydrogen-bond acceptors (Lipinski definition) is 1. The Bertz CT molecular complexity index is 203. The van der Waals surface area contributed by atoms with Crippen molar-refractivity contribution in [2.75, 3.05) is 0 Å². The zero-order valence-corrected chi connectivity index (χ0v) is 8.27. The van der Waals surface area contributed by atoms with Gasteiger partial charge in [0.25, 0.3) is 0 Å². The molecule has 1 saturated carbocycles. The van der Waals surface area contributed by atoms with Crippen LogP contribution in [0.5, 0.6) is 0 Å². The molecule has 2 nitrogen and oxygen atoms in total. The van der Waals surface area contributed by atoms with Crippen molar-refractivity contribution >= 4 is 11.1 Å². The van der Waals surface area contributed by atoms with Gasteiger partial charge in [0, 0.05) is 0 Å². The van der Waals surface area contributed by atoms with E-state index in [0.717, 1.165) is 25.7 Å². The van der Waals surface area contributed by atoms with Crippen molar-refractivity contribution < 1.29 is 8.76 Å². The predicted octanol–water partition coefficient (Wildman–Crippen LogP) is 2.34. The zero-order chi connectivity index (χ0) is 9.19. The first kappa shape index (κ1) is 9.93. The summed E-state index contributed by atoms with van der Waals surface area (Å²) >= 11 is -1.66. The standard InChI is InChI=1S/C9H16O2S/c1-3-6-9(2)7-4-5-8(9)12(10)11/h3,8H,1,4-7H2,2H3,(H,10,11)/t8-,9-/m0/s1. The summed E-state index contributed by atoms with van der Waals surface area (Å²) in [5, 5.41) is -0.0458. The molecule has 1 rings (SSSR count). The van der Waals surface area contributed by atoms with Crippen molar-refractivity contribution in [2.45, 2.75) is 37.9 Å². The summed E-state index contributed by atoms with van der Waals surface area (Å²) in [4.78, 5) is 0. The molecule has 0 aromatic heterocycles. The molecule has 3 atom stereocenters. The fourth-order valence-electron chi connectivity index (χ4n) is 2.11. The van der Waals surface area contributed by atoms with Gasteiger partial charge in [-0.2, -0.15) is 0 Å². The summed E-state index contributed by atoms with van der Waals surface area (Å²) in [6.45, 7) is 5.77. The molecule has 1 aliphatic carbocycles. The second-order valence-corrected chi connectivity index (χ2v) is 4.93. The van der Waals surface area contributed by atoms with E-state index >= 15 is 0 Å². The molecular weight excluding hydrogens is 172 g/mol. The topological polar surface area (TPSA) is 37.3 Å². The van der Waals surface area contributed by atoms with Gasteiger partial charge in [0.15, 0.2) is 11.1 Å². The smallest absolute Gasteiger partial charge is 0.156 e. The van der Waals surface area contributed by atoms with Crippen LogP contribution in [0.4, 0.5) is 0 Å². The minimum Gasteiger partial charge on any atom is -0.306 e. The molecule has 0 bridgehead atoms. The molecule has 1 aliphatic rings. The fraction of sp³-hybridized carbons (Fsp3) is 0.778. The highest BCUT2D eigenvalue weighted by Gasteiger charge is 2.41. The van der Waals surface area contributed by atoms with E-state index in [-0.39, 0.29) is 10.7 Å². The highest BCUT2D eigenvalue weighted by molar-refractivity contribution is 7.79. The lowest BCUT2D eigenvalue weighted by Gasteiger charge is -2.27. The lowest BCUT2D eigenvalue weighted by Crippen LogP contribution is -2.29. The van der Waals surface area contributed by atoms with Gasteiger partial charge in [-0.1, -0.05) is 19.4 Å². The molecule has 0 aromatic carbocycles. The second kappa shape index (κ2) is 3.71. The Hall–Kier alpha value is -0.150. The molecule has 0 amide bonds. The Morgan fingerprint density at radius 1 is 1.83 bits per heavy atom. The normalized spacial score (nSPS) is 38.0. The molecule has 0 aliphatic heterocycles. The third-order valence-corrected chi connectivity index (χ3v) is 4.14. The Kier molecular flexibility index (Phi) is 3.07. The number of hydrogen-bond donors (Lipinski definition) is 1. The van der Waals surface area contributed by atoms with Crippen molar-refractivity contribution in [1.82, 2.24) is 0 Å². The summed E-state index contributed by atoms with van der Waals surface area (Å²) in [5.74, 6) is 0. The van der Waals surface area contributed by atoms with E-state index in [4.69, 9.17) is 4.55 Å². The summed E-state index contributed by atoms with van der Waals surface area (Å²) in [6, 6.07) is 0. The first-order chi connectivity index (χ1) is 5.60. The molecule has 0 heterocycles. The van der Waals surface area contributed by atoms with Gasteiger partial charge in [0.2, 0.25) is 0 Å². The third-order valence-electron chi connectivity index (χ3n) is 2.85. The number of rotatable bonds is 3. The quantitative estimate of drug-likeness (QED) is 0.545. The zero-order valence-electron chi connectivity index (χ0n) is 7.45. The van der Waals surface area contributed by atoms with Crippen molar-refractivity contribution in [3.8, 4) is 0 Å². The predicted molar refractivity (Wildman–Crippen MR) is 51.3 cm³/mol. The van der Waals surface area contributed by atoms with Crippen LogP contribution in [0, 0.1) is 5.41 Å². The highest BCUT2D eigenvalue weighted by atomic mass is 32.2. The molecule has 1 fully saturated rings. The van der Waals surface area contributed by atoms with E-state index in [0.29, 0.717) is 0 Å². The van der Waals surface area contributed by atoms with Crippen molar-refractivity contribution in [3.63, 3.8) is 0 Å². The molecule has 0 aromatic rings. The van der Waals surface area contributed by atoms with E-state index in [1.807, 2.05) is 6.08 Å². The van der Waals surface area contributed by atoms with Crippen LogP contribution >= 0.6 is 0 Å². The SMILES string of the molecule is C=CC[C@@]1(C)CCC[C@@H]1S(=O)O. The van der Waals surface area contributed by atoms with Gasteiger partial charge in [-0.15, -0.1) is 6.58 Å². The average molecular weight is 188 g/mol. The third kappa shape index (κ3) is 1.77. The first-order valence-corrected chi connectivity index (χ1v) is 5.48. The second-order valence-electron chi connectivity index (χ2n) is 3.80. The van der Waals surface area contributed by atoms with Crippen molar-refractivity contribution in [2.24, 2.45) is 5.41 Å². The Labute approximate surface area is 76.3 Å². The van der Waals surface area contributed by atoms with E-state index in [1.165, 1.54) is 0 Å². The maximum atomic E-state index is 11.0. The van der Waals surface area contributed by atoms with Gasteiger partial charge in [-0.05, 0) is 24.7 Å². The van der Waals surface area contributed by atoms with Crippen LogP contribution in [0.3, 0.4) is 0 Å². The molecule has 3 heteroatoms. The lowest BCUT2D eigenvalue weighted by molar-refractivity contribution is 0.338. The minimum absolute atomic E-state index is 0.0152. The molecular formula is C9H16O2S. The van der Waals surface area contributed by atoms with Gasteiger partial charge in [-0.25, -0.2) is 4.21 Å². The Morgan fingerprint density at radius 2 is 2.50 bits per heavy atom. The maximum Gasteiger partial charge on any atom is 0.156 e. The van der Waals surface area contributed by atoms with Crippen LogP contribution in [-0.2, 0) is 11.1 Å². The summed E-state index contributed by atoms with van der Waals surface area (Å²) in [6.07, 6.45) is 5.71. The molecule has 70 valence electrons. The van der Waals surface area contributed by atoms with Gasteiger partial charge < -0.3 is 4.55 Å². The fourth-order valence-corrected chi connectivity index (χ4v) is 3.18. The van der Waals surface area contributed by atoms with E-state index < -0.39 is 11.1 Å². The molecule has 1 unspecified atom stereocenters. The van der Waals surface area contributed by atoms with Crippen LogP contribution in [0.2, 0.25) is 0 Å². The molecule has 0 spiro atoms. The highest BCUT2D eigenvalue weighted by Crippen LogP contribution is 2.43. The van der Waals surface area contributed by atoms with Crippen LogP contribution < -0.4 is 0 Å². The maximum absolute atomic E-state index is 11.0. The van der Waals surface area contributed by atoms with Crippen molar-refractivity contribution in [3.05, 3.63) is 12.7 Å². The molecule has 0 saturated heterocycles. The Morgan fingerprint density at radius 3 is 3.00 bits per heavy atom. The van der Waals surface area contributed by atoms with Crippen molar-refractivity contribution in [1.29, 1.82) is 0 Å². The molecule has 1 N–H and O–H groups in total. The summed E-state index contributed by atoms with van der Waals surface area (Å²) in [7, 11) is 0. The van der Waals surface area contributed by atoms with Crippen LogP contribution in [0.15, 0.2) is 12.7 Å². The average Bonchev–Trinajstić information content (AvgIpc) is 2.32. The van der Waals surface area contributed by atoms with Crippen LogP contribution in [0.1, 0.15) is 32.6 Å². The van der Waals surface area contributed by atoms with Crippen LogP contribution in [0.25, 0.3) is 0 Å². The summed E-state index contributed by atoms with van der Waals surface area (Å²) < 4.78 is 20.0. The van der Waals surface area contributed by atoms with Gasteiger partial charge in [-0.3, -0.25) is 0 Å². The largest absolute Gasteiger partial charge is 0.306 e.